The zero-order valence-corrected chi connectivity index (χ0v) is 14.9. The Balaban J connectivity index is 1.57. The summed E-state index contributed by atoms with van der Waals surface area (Å²) in [6.45, 7) is 0.889. The molecule has 2 heterocycles. The molecule has 1 fully saturated rings. The van der Waals surface area contributed by atoms with Crippen molar-refractivity contribution in [1.82, 2.24) is 10.3 Å². The van der Waals surface area contributed by atoms with Gasteiger partial charge in [-0.05, 0) is 49.2 Å². The first-order valence-electron chi connectivity index (χ1n) is 9.11. The van der Waals surface area contributed by atoms with Crippen LogP contribution in [0.25, 0.3) is 23.1 Å². The fraction of sp³-hybridized carbons (Fsp3) is 0.182. The second-order valence-electron chi connectivity index (χ2n) is 6.64. The number of phenolic OH excluding ortho intramolecular Hbond substituents is 1. The molecule has 2 aromatic carbocycles. The molecule has 4 rings (SSSR count). The number of aromatic hydroxyl groups is 1. The quantitative estimate of drug-likeness (QED) is 0.662. The van der Waals surface area contributed by atoms with E-state index in [1.165, 1.54) is 0 Å². The maximum Gasteiger partial charge on any atom is 0.241 e. The van der Waals surface area contributed by atoms with Crippen molar-refractivity contribution in [2.75, 3.05) is 11.9 Å². The van der Waals surface area contributed by atoms with Crippen LogP contribution < -0.4 is 10.6 Å². The smallest absolute Gasteiger partial charge is 0.241 e. The third-order valence-electron chi connectivity index (χ3n) is 4.75. The largest absolute Gasteiger partial charge is 0.506 e. The van der Waals surface area contributed by atoms with E-state index >= 15 is 0 Å². The van der Waals surface area contributed by atoms with Gasteiger partial charge >= 0.3 is 0 Å². The molecule has 0 aliphatic carbocycles. The van der Waals surface area contributed by atoms with Gasteiger partial charge in [-0.15, -0.1) is 0 Å². The van der Waals surface area contributed by atoms with Gasteiger partial charge in [0.1, 0.15) is 11.3 Å². The SMILES string of the molecule is O=C(Nc1ccccc1/C=C/c1ccc2cccc(O)c2n1)[C@@H]1CCCN1. The van der Waals surface area contributed by atoms with E-state index in [0.29, 0.717) is 5.52 Å². The summed E-state index contributed by atoms with van der Waals surface area (Å²) in [7, 11) is 0. The number of rotatable bonds is 4. The number of carbonyl (C=O) groups is 1. The number of hydrogen-bond donors (Lipinski definition) is 3. The van der Waals surface area contributed by atoms with Crippen molar-refractivity contribution in [2.24, 2.45) is 0 Å². The number of benzene rings is 2. The number of nitrogens with one attached hydrogen (secondary N) is 2. The number of fused-ring (bicyclic) bond motifs is 1. The lowest BCUT2D eigenvalue weighted by atomic mass is 10.1. The predicted molar refractivity (Wildman–Crippen MR) is 108 cm³/mol. The second-order valence-corrected chi connectivity index (χ2v) is 6.64. The Hall–Kier alpha value is -3.18. The number of amides is 1. The van der Waals surface area contributed by atoms with Crippen LogP contribution in [0, 0.1) is 0 Å². The molecule has 1 aromatic heterocycles. The number of para-hydroxylation sites is 2. The van der Waals surface area contributed by atoms with Gasteiger partial charge in [-0.1, -0.05) is 42.5 Å². The minimum atomic E-state index is -0.118. The summed E-state index contributed by atoms with van der Waals surface area (Å²) in [5, 5.41) is 17.1. The molecular formula is C22H21N3O2. The van der Waals surface area contributed by atoms with Gasteiger partial charge in [-0.2, -0.15) is 0 Å². The zero-order chi connectivity index (χ0) is 18.6. The lowest BCUT2D eigenvalue weighted by molar-refractivity contribution is -0.117. The Labute approximate surface area is 157 Å². The molecule has 0 saturated carbocycles. The first-order valence-corrected chi connectivity index (χ1v) is 9.11. The van der Waals surface area contributed by atoms with E-state index in [0.717, 1.165) is 41.7 Å². The van der Waals surface area contributed by atoms with Gasteiger partial charge in [0.15, 0.2) is 0 Å². The van der Waals surface area contributed by atoms with Crippen LogP contribution in [0.4, 0.5) is 5.69 Å². The molecular weight excluding hydrogens is 338 g/mol. The first kappa shape index (κ1) is 17.2. The van der Waals surface area contributed by atoms with E-state index in [1.807, 2.05) is 54.6 Å². The van der Waals surface area contributed by atoms with Crippen LogP contribution in [0.1, 0.15) is 24.1 Å². The van der Waals surface area contributed by atoms with Crippen molar-refractivity contribution in [3.05, 3.63) is 65.9 Å². The summed E-state index contributed by atoms with van der Waals surface area (Å²) < 4.78 is 0. The molecule has 1 aliphatic rings. The normalized spacial score (nSPS) is 16.8. The molecule has 27 heavy (non-hydrogen) atoms. The number of hydrogen-bond acceptors (Lipinski definition) is 4. The lowest BCUT2D eigenvalue weighted by Crippen LogP contribution is -2.35. The minimum Gasteiger partial charge on any atom is -0.506 e. The van der Waals surface area contributed by atoms with Gasteiger partial charge < -0.3 is 15.7 Å². The summed E-state index contributed by atoms with van der Waals surface area (Å²) >= 11 is 0. The second kappa shape index (κ2) is 7.60. The van der Waals surface area contributed by atoms with Crippen molar-refractivity contribution < 1.29 is 9.90 Å². The van der Waals surface area contributed by atoms with Gasteiger partial charge in [0.2, 0.25) is 5.91 Å². The number of aromatic nitrogens is 1. The molecule has 1 aliphatic heterocycles. The highest BCUT2D eigenvalue weighted by Gasteiger charge is 2.22. The van der Waals surface area contributed by atoms with Crippen molar-refractivity contribution in [3.63, 3.8) is 0 Å². The maximum absolute atomic E-state index is 12.4. The molecule has 3 N–H and O–H groups in total. The number of anilines is 1. The summed E-state index contributed by atoms with van der Waals surface area (Å²) in [6.07, 6.45) is 5.70. The van der Waals surface area contributed by atoms with Crippen LogP contribution in [0.5, 0.6) is 5.75 Å². The van der Waals surface area contributed by atoms with Gasteiger partial charge in [-0.25, -0.2) is 4.98 Å². The summed E-state index contributed by atoms with van der Waals surface area (Å²) in [4.78, 5) is 16.9. The van der Waals surface area contributed by atoms with Gasteiger partial charge in [0.25, 0.3) is 0 Å². The molecule has 0 bridgehead atoms. The standard InChI is InChI=1S/C22H21N3O2/c26-20-9-3-6-16-11-13-17(24-21(16)20)12-10-15-5-1-2-7-18(15)25-22(27)19-8-4-14-23-19/h1-3,5-7,9-13,19,23,26H,4,8,14H2,(H,25,27)/b12-10+/t19-/m0/s1. The Morgan fingerprint density at radius 3 is 2.85 bits per heavy atom. The van der Waals surface area contributed by atoms with Gasteiger partial charge in [-0.3, -0.25) is 4.79 Å². The highest BCUT2D eigenvalue weighted by atomic mass is 16.3. The Morgan fingerprint density at radius 2 is 2.00 bits per heavy atom. The molecule has 3 aromatic rings. The van der Waals surface area contributed by atoms with Crippen LogP contribution in [0.15, 0.2) is 54.6 Å². The van der Waals surface area contributed by atoms with E-state index in [-0.39, 0.29) is 17.7 Å². The molecule has 1 atom stereocenters. The number of phenols is 1. The maximum atomic E-state index is 12.4. The molecule has 1 saturated heterocycles. The van der Waals surface area contributed by atoms with E-state index in [2.05, 4.69) is 15.6 Å². The minimum absolute atomic E-state index is 0.00195. The highest BCUT2D eigenvalue weighted by Crippen LogP contribution is 2.24. The zero-order valence-electron chi connectivity index (χ0n) is 14.9. The van der Waals surface area contributed by atoms with Crippen LogP contribution >= 0.6 is 0 Å². The third-order valence-corrected chi connectivity index (χ3v) is 4.75. The van der Waals surface area contributed by atoms with E-state index in [1.54, 1.807) is 12.1 Å². The van der Waals surface area contributed by atoms with E-state index in [9.17, 15) is 9.90 Å². The average Bonchev–Trinajstić information content (AvgIpc) is 3.23. The van der Waals surface area contributed by atoms with Crippen LogP contribution in [-0.4, -0.2) is 28.6 Å². The Bertz CT molecular complexity index is 1010. The third kappa shape index (κ3) is 3.83. The van der Waals surface area contributed by atoms with E-state index in [4.69, 9.17) is 0 Å². The number of nitrogens with zero attached hydrogens (tertiary/aromatic N) is 1. The monoisotopic (exact) mass is 359 g/mol. The van der Waals surface area contributed by atoms with E-state index < -0.39 is 0 Å². The van der Waals surface area contributed by atoms with Crippen molar-refractivity contribution >= 4 is 34.6 Å². The molecule has 0 unspecified atom stereocenters. The fourth-order valence-electron chi connectivity index (χ4n) is 3.30. The summed E-state index contributed by atoms with van der Waals surface area (Å²) in [5.41, 5.74) is 3.00. The first-order chi connectivity index (χ1) is 13.2. The summed E-state index contributed by atoms with van der Waals surface area (Å²) in [6, 6.07) is 16.7. The average molecular weight is 359 g/mol. The van der Waals surface area contributed by atoms with Crippen molar-refractivity contribution in [1.29, 1.82) is 0 Å². The fourth-order valence-corrected chi connectivity index (χ4v) is 3.30. The molecule has 0 radical (unpaired) electrons. The van der Waals surface area contributed by atoms with Crippen LogP contribution in [0.2, 0.25) is 0 Å². The van der Waals surface area contributed by atoms with Gasteiger partial charge in [0.05, 0.1) is 11.7 Å². The van der Waals surface area contributed by atoms with Gasteiger partial charge in [0, 0.05) is 11.1 Å². The molecule has 1 amide bonds. The van der Waals surface area contributed by atoms with Crippen molar-refractivity contribution in [3.8, 4) is 5.75 Å². The molecule has 5 heteroatoms. The topological polar surface area (TPSA) is 74.2 Å². The highest BCUT2D eigenvalue weighted by molar-refractivity contribution is 5.97. The molecule has 5 nitrogen and oxygen atoms in total. The lowest BCUT2D eigenvalue weighted by Gasteiger charge is -2.13. The van der Waals surface area contributed by atoms with Crippen molar-refractivity contribution in [2.45, 2.75) is 18.9 Å². The summed E-state index contributed by atoms with van der Waals surface area (Å²) in [5.74, 6) is 0.168. The molecule has 136 valence electrons. The number of pyridine rings is 1. The van der Waals surface area contributed by atoms with Crippen LogP contribution in [0.3, 0.4) is 0 Å². The predicted octanol–water partition coefficient (Wildman–Crippen LogP) is 3.80. The number of carbonyl (C=O) groups excluding carboxylic acids is 1. The van der Waals surface area contributed by atoms with Crippen LogP contribution in [-0.2, 0) is 4.79 Å². The molecule has 0 spiro atoms. The Morgan fingerprint density at radius 1 is 1.11 bits per heavy atom. The Kier molecular flexibility index (Phi) is 4.85.